The Balaban J connectivity index is 1.83. The van der Waals surface area contributed by atoms with Crippen molar-refractivity contribution >= 4 is 5.91 Å². The molecule has 0 saturated carbocycles. The van der Waals surface area contributed by atoms with Crippen molar-refractivity contribution in [1.29, 1.82) is 0 Å². The van der Waals surface area contributed by atoms with E-state index in [1.807, 2.05) is 0 Å². The molecule has 1 aliphatic heterocycles. The van der Waals surface area contributed by atoms with Gasteiger partial charge in [0.2, 0.25) is 5.91 Å². The Hall–Kier alpha value is -1.56. The molecule has 1 N–H and O–H groups in total. The number of benzene rings is 1. The summed E-state index contributed by atoms with van der Waals surface area (Å²) in [5.74, 6) is -3.17. The number of carbonyl (C=O) groups excluding carboxylic acids is 1. The number of nitrogens with one attached hydrogen (secondary N) is 1. The number of likely N-dealkylation sites (tertiary alicyclic amines) is 1. The number of hydrogen-bond donors (Lipinski definition) is 1. The molecular weight excluding hydrogens is 269 g/mol. The molecule has 3 nitrogen and oxygen atoms in total. The summed E-state index contributed by atoms with van der Waals surface area (Å²) in [6.07, 6.45) is 3.14. The Morgan fingerprint density at radius 1 is 1.05 bits per heavy atom. The van der Waals surface area contributed by atoms with Gasteiger partial charge >= 0.3 is 0 Å². The van der Waals surface area contributed by atoms with Gasteiger partial charge in [0.25, 0.3) is 0 Å². The maximum Gasteiger partial charge on any atom is 0.236 e. The highest BCUT2D eigenvalue weighted by Crippen LogP contribution is 2.13. The summed E-state index contributed by atoms with van der Waals surface area (Å²) in [5.41, 5.74) is 0.00958. The number of nitrogens with zero attached hydrogens (tertiary/aromatic N) is 1. The summed E-state index contributed by atoms with van der Waals surface area (Å²) < 4.78 is 39.1. The van der Waals surface area contributed by atoms with Crippen LogP contribution >= 0.6 is 0 Å². The summed E-state index contributed by atoms with van der Waals surface area (Å²) in [6, 6.07) is 1.32. The van der Waals surface area contributed by atoms with Crippen LogP contribution in [0, 0.1) is 17.5 Å². The molecule has 1 fully saturated rings. The first-order valence-electron chi connectivity index (χ1n) is 6.70. The molecule has 0 bridgehead atoms. The molecule has 110 valence electrons. The van der Waals surface area contributed by atoms with Crippen molar-refractivity contribution in [2.45, 2.75) is 25.8 Å². The van der Waals surface area contributed by atoms with Gasteiger partial charge in [-0.25, -0.2) is 13.2 Å². The van der Waals surface area contributed by atoms with Gasteiger partial charge in [0.15, 0.2) is 11.6 Å². The Kier molecular flexibility index (Phi) is 5.00. The lowest BCUT2D eigenvalue weighted by molar-refractivity contribution is -0.131. The Morgan fingerprint density at radius 2 is 1.70 bits per heavy atom. The van der Waals surface area contributed by atoms with E-state index in [1.165, 1.54) is 0 Å². The van der Waals surface area contributed by atoms with Crippen molar-refractivity contribution in [3.8, 4) is 0 Å². The number of hydrogen-bond acceptors (Lipinski definition) is 2. The molecule has 1 aromatic carbocycles. The first-order valence-corrected chi connectivity index (χ1v) is 6.70. The molecule has 0 atom stereocenters. The van der Waals surface area contributed by atoms with Crippen LogP contribution in [-0.4, -0.2) is 30.4 Å². The van der Waals surface area contributed by atoms with Crippen molar-refractivity contribution in [3.05, 3.63) is 35.1 Å². The second kappa shape index (κ2) is 6.74. The zero-order chi connectivity index (χ0) is 14.5. The summed E-state index contributed by atoms with van der Waals surface area (Å²) in [6.45, 7) is 1.56. The minimum atomic E-state index is -1.21. The fourth-order valence-electron chi connectivity index (χ4n) is 2.26. The van der Waals surface area contributed by atoms with E-state index in [1.54, 1.807) is 4.90 Å². The third-order valence-electron chi connectivity index (χ3n) is 3.39. The molecule has 6 heteroatoms. The highest BCUT2D eigenvalue weighted by molar-refractivity contribution is 5.78. The second-order valence-corrected chi connectivity index (χ2v) is 4.90. The van der Waals surface area contributed by atoms with Crippen LogP contribution in [0.15, 0.2) is 12.1 Å². The van der Waals surface area contributed by atoms with Gasteiger partial charge in [-0.2, -0.15) is 0 Å². The molecule has 0 aliphatic carbocycles. The zero-order valence-electron chi connectivity index (χ0n) is 11.1. The Morgan fingerprint density at radius 3 is 2.40 bits per heavy atom. The van der Waals surface area contributed by atoms with E-state index in [0.717, 1.165) is 38.4 Å². The quantitative estimate of drug-likeness (QED) is 0.861. The van der Waals surface area contributed by atoms with Crippen molar-refractivity contribution in [3.63, 3.8) is 0 Å². The molecule has 0 unspecified atom stereocenters. The van der Waals surface area contributed by atoms with Gasteiger partial charge in [-0.05, 0) is 25.3 Å². The topological polar surface area (TPSA) is 32.3 Å². The third kappa shape index (κ3) is 3.72. The summed E-state index contributed by atoms with van der Waals surface area (Å²) in [5, 5.41) is 2.77. The first kappa shape index (κ1) is 14.8. The number of piperidine rings is 1. The standard InChI is InChI=1S/C14H17F3N2O/c15-11-7-13(17)12(16)6-10(11)8-18-9-14(20)19-4-2-1-3-5-19/h6-7,18H,1-5,8-9H2. The molecule has 0 spiro atoms. The van der Waals surface area contributed by atoms with Crippen LogP contribution in [0.3, 0.4) is 0 Å². The lowest BCUT2D eigenvalue weighted by Gasteiger charge is -2.26. The summed E-state index contributed by atoms with van der Waals surface area (Å²) in [7, 11) is 0. The number of halogens is 3. The monoisotopic (exact) mass is 286 g/mol. The second-order valence-electron chi connectivity index (χ2n) is 4.90. The van der Waals surface area contributed by atoms with E-state index >= 15 is 0 Å². The van der Waals surface area contributed by atoms with E-state index in [4.69, 9.17) is 0 Å². The van der Waals surface area contributed by atoms with Gasteiger partial charge < -0.3 is 10.2 Å². The summed E-state index contributed by atoms with van der Waals surface area (Å²) in [4.78, 5) is 13.6. The van der Waals surface area contributed by atoms with E-state index in [9.17, 15) is 18.0 Å². The molecule has 1 aliphatic rings. The minimum absolute atomic E-state index is 0.00958. The average Bonchev–Trinajstić information content (AvgIpc) is 2.45. The van der Waals surface area contributed by atoms with Crippen molar-refractivity contribution in [2.24, 2.45) is 0 Å². The maximum absolute atomic E-state index is 13.4. The summed E-state index contributed by atoms with van der Waals surface area (Å²) >= 11 is 0. The molecule has 1 saturated heterocycles. The normalized spacial score (nSPS) is 15.4. The van der Waals surface area contributed by atoms with Crippen LogP contribution in [0.25, 0.3) is 0 Å². The SMILES string of the molecule is O=C(CNCc1cc(F)c(F)cc1F)N1CCCCC1. The van der Waals surface area contributed by atoms with E-state index in [0.29, 0.717) is 6.07 Å². The first-order chi connectivity index (χ1) is 9.58. The lowest BCUT2D eigenvalue weighted by atomic mass is 10.1. The number of amides is 1. The van der Waals surface area contributed by atoms with Crippen molar-refractivity contribution in [1.82, 2.24) is 10.2 Å². The molecule has 1 aromatic rings. The molecule has 0 aromatic heterocycles. The van der Waals surface area contributed by atoms with Crippen LogP contribution in [-0.2, 0) is 11.3 Å². The molecule has 1 amide bonds. The zero-order valence-corrected chi connectivity index (χ0v) is 11.1. The van der Waals surface area contributed by atoms with E-state index in [2.05, 4.69) is 5.32 Å². The van der Waals surface area contributed by atoms with Crippen LogP contribution in [0.5, 0.6) is 0 Å². The van der Waals surface area contributed by atoms with Gasteiger partial charge in [-0.1, -0.05) is 0 Å². The molecule has 1 heterocycles. The predicted octanol–water partition coefficient (Wildman–Crippen LogP) is 2.21. The van der Waals surface area contributed by atoms with Gasteiger partial charge in [-0.15, -0.1) is 0 Å². The fraction of sp³-hybridized carbons (Fsp3) is 0.500. The smallest absolute Gasteiger partial charge is 0.236 e. The van der Waals surface area contributed by atoms with Crippen LogP contribution in [0.1, 0.15) is 24.8 Å². The maximum atomic E-state index is 13.4. The van der Waals surface area contributed by atoms with Crippen LogP contribution < -0.4 is 5.32 Å². The van der Waals surface area contributed by atoms with Gasteiger partial charge in [0.05, 0.1) is 6.54 Å². The highest BCUT2D eigenvalue weighted by atomic mass is 19.2. The van der Waals surface area contributed by atoms with E-state index < -0.39 is 17.5 Å². The fourth-order valence-corrected chi connectivity index (χ4v) is 2.26. The highest BCUT2D eigenvalue weighted by Gasteiger charge is 2.16. The van der Waals surface area contributed by atoms with Crippen LogP contribution in [0.2, 0.25) is 0 Å². The van der Waals surface area contributed by atoms with E-state index in [-0.39, 0.29) is 24.6 Å². The van der Waals surface area contributed by atoms with Gasteiger partial charge in [0, 0.05) is 31.3 Å². The lowest BCUT2D eigenvalue weighted by Crippen LogP contribution is -2.41. The third-order valence-corrected chi connectivity index (χ3v) is 3.39. The average molecular weight is 286 g/mol. The van der Waals surface area contributed by atoms with Crippen LogP contribution in [0.4, 0.5) is 13.2 Å². The van der Waals surface area contributed by atoms with Crippen molar-refractivity contribution in [2.75, 3.05) is 19.6 Å². The minimum Gasteiger partial charge on any atom is -0.342 e. The number of carbonyl (C=O) groups is 1. The Bertz CT molecular complexity index is 488. The number of rotatable bonds is 4. The largest absolute Gasteiger partial charge is 0.342 e. The predicted molar refractivity (Wildman–Crippen MR) is 68.5 cm³/mol. The Labute approximate surface area is 115 Å². The van der Waals surface area contributed by atoms with Gasteiger partial charge in [-0.3, -0.25) is 4.79 Å². The van der Waals surface area contributed by atoms with Gasteiger partial charge in [0.1, 0.15) is 5.82 Å². The molecule has 20 heavy (non-hydrogen) atoms. The molecule has 2 rings (SSSR count). The van der Waals surface area contributed by atoms with Crippen molar-refractivity contribution < 1.29 is 18.0 Å². The molecular formula is C14H17F3N2O. The molecule has 0 radical (unpaired) electrons.